The number of carbonyl (C=O) groups excluding carboxylic acids is 1. The molecule has 1 aliphatic rings. The average molecular weight is 398 g/mol. The molecule has 1 unspecified atom stereocenters. The van der Waals surface area contributed by atoms with E-state index in [-0.39, 0.29) is 30.2 Å². The van der Waals surface area contributed by atoms with Crippen LogP contribution >= 0.6 is 24.0 Å². The molecular weight excluding hydrogens is 373 g/mol. The summed E-state index contributed by atoms with van der Waals surface area (Å²) in [5.74, 6) is 1.47. The van der Waals surface area contributed by atoms with Gasteiger partial charge in [0.2, 0.25) is 5.82 Å². The van der Waals surface area contributed by atoms with E-state index in [1.54, 1.807) is 4.68 Å². The van der Waals surface area contributed by atoms with Gasteiger partial charge < -0.3 is 11.1 Å². The summed E-state index contributed by atoms with van der Waals surface area (Å²) in [5.41, 5.74) is 6.52. The lowest BCUT2D eigenvalue weighted by Gasteiger charge is -2.17. The van der Waals surface area contributed by atoms with Gasteiger partial charge in [0.25, 0.3) is 5.91 Å². The van der Waals surface area contributed by atoms with Crippen molar-refractivity contribution >= 4 is 29.9 Å². The largest absolute Gasteiger partial charge is 0.345 e. The van der Waals surface area contributed by atoms with Gasteiger partial charge in [0.1, 0.15) is 5.82 Å². The van der Waals surface area contributed by atoms with Gasteiger partial charge in [-0.25, -0.2) is 9.67 Å². The second-order valence-electron chi connectivity index (χ2n) is 6.97. The van der Waals surface area contributed by atoms with Gasteiger partial charge in [-0.2, -0.15) is 0 Å². The number of hydrogen-bond acceptors (Lipinski definition) is 4. The van der Waals surface area contributed by atoms with Crippen molar-refractivity contribution in [2.24, 2.45) is 11.7 Å². The maximum Gasteiger partial charge on any atom is 0.291 e. The van der Waals surface area contributed by atoms with Crippen molar-refractivity contribution in [1.82, 2.24) is 20.1 Å². The molecule has 0 spiro atoms. The molecule has 2 aromatic rings. The van der Waals surface area contributed by atoms with Gasteiger partial charge in [-0.15, -0.1) is 17.5 Å². The standard InChI is InChI=1S/C18H24ClN5O.ClH/c1-11(2)9-13(10-20)21-18(25)16-22-17(12-7-8-12)24(23-16)15-6-4-3-5-14(15)19;/h3-6,11-13H,7-10,20H2,1-2H3,(H,21,25);1H. The predicted molar refractivity (Wildman–Crippen MR) is 105 cm³/mol. The van der Waals surface area contributed by atoms with Gasteiger partial charge in [0.05, 0.1) is 10.7 Å². The molecule has 1 aliphatic carbocycles. The highest BCUT2D eigenvalue weighted by molar-refractivity contribution is 6.32. The van der Waals surface area contributed by atoms with Crippen molar-refractivity contribution in [2.45, 2.75) is 45.1 Å². The van der Waals surface area contributed by atoms with Crippen LogP contribution in [0.1, 0.15) is 55.5 Å². The van der Waals surface area contributed by atoms with Crippen LogP contribution in [-0.2, 0) is 0 Å². The Labute approximate surface area is 164 Å². The molecule has 1 fully saturated rings. The molecule has 3 N–H and O–H groups in total. The number of rotatable bonds is 7. The lowest BCUT2D eigenvalue weighted by Crippen LogP contribution is -2.41. The molecule has 26 heavy (non-hydrogen) atoms. The van der Waals surface area contributed by atoms with Crippen LogP contribution in [0.15, 0.2) is 24.3 Å². The Kier molecular flexibility index (Phi) is 7.03. The van der Waals surface area contributed by atoms with E-state index >= 15 is 0 Å². The molecule has 1 aromatic heterocycles. The number of nitrogens with zero attached hydrogens (tertiary/aromatic N) is 3. The molecule has 6 nitrogen and oxygen atoms in total. The number of carbonyl (C=O) groups is 1. The summed E-state index contributed by atoms with van der Waals surface area (Å²) in [5, 5.41) is 7.97. The normalized spacial score (nSPS) is 14.8. The molecule has 0 radical (unpaired) electrons. The Bertz CT molecular complexity index is 758. The number of nitrogens with two attached hydrogens (primary N) is 1. The second kappa shape index (κ2) is 8.84. The van der Waals surface area contributed by atoms with Gasteiger partial charge >= 0.3 is 0 Å². The van der Waals surface area contributed by atoms with Crippen LogP contribution in [-0.4, -0.2) is 33.3 Å². The minimum absolute atomic E-state index is 0. The lowest BCUT2D eigenvalue weighted by atomic mass is 10.0. The number of hydrogen-bond donors (Lipinski definition) is 2. The second-order valence-corrected chi connectivity index (χ2v) is 7.37. The molecule has 0 aliphatic heterocycles. The average Bonchev–Trinajstić information content (AvgIpc) is 3.33. The highest BCUT2D eigenvalue weighted by Crippen LogP contribution is 2.40. The zero-order chi connectivity index (χ0) is 18.0. The molecule has 1 saturated carbocycles. The quantitative estimate of drug-likeness (QED) is 0.749. The molecule has 1 amide bonds. The molecule has 1 aromatic carbocycles. The van der Waals surface area contributed by atoms with Crippen molar-refractivity contribution in [1.29, 1.82) is 0 Å². The fraction of sp³-hybridized carbons (Fsp3) is 0.500. The first-order valence-electron chi connectivity index (χ1n) is 8.72. The van der Waals surface area contributed by atoms with Crippen LogP contribution in [0.2, 0.25) is 5.02 Å². The predicted octanol–water partition coefficient (Wildman–Crippen LogP) is 3.32. The van der Waals surface area contributed by atoms with Crippen molar-refractivity contribution < 1.29 is 4.79 Å². The summed E-state index contributed by atoms with van der Waals surface area (Å²) in [6.07, 6.45) is 2.94. The van der Waals surface area contributed by atoms with Gasteiger partial charge in [0, 0.05) is 18.5 Å². The van der Waals surface area contributed by atoms with Crippen molar-refractivity contribution in [3.63, 3.8) is 0 Å². The number of aromatic nitrogens is 3. The number of halogens is 2. The lowest BCUT2D eigenvalue weighted by molar-refractivity contribution is 0.0923. The van der Waals surface area contributed by atoms with Crippen LogP contribution in [0.4, 0.5) is 0 Å². The SMILES string of the molecule is CC(C)CC(CN)NC(=O)c1nc(C2CC2)n(-c2ccccc2Cl)n1.Cl. The van der Waals surface area contributed by atoms with Crippen molar-refractivity contribution in [2.75, 3.05) is 6.54 Å². The highest BCUT2D eigenvalue weighted by Gasteiger charge is 2.32. The fourth-order valence-electron chi connectivity index (χ4n) is 2.86. The zero-order valence-electron chi connectivity index (χ0n) is 15.0. The molecule has 1 heterocycles. The topological polar surface area (TPSA) is 85.8 Å². The van der Waals surface area contributed by atoms with E-state index in [1.807, 2.05) is 24.3 Å². The van der Waals surface area contributed by atoms with Crippen LogP contribution in [0.5, 0.6) is 0 Å². The van der Waals surface area contributed by atoms with Crippen LogP contribution in [0, 0.1) is 5.92 Å². The van der Waals surface area contributed by atoms with Crippen LogP contribution in [0.3, 0.4) is 0 Å². The van der Waals surface area contributed by atoms with Gasteiger partial charge in [-0.1, -0.05) is 37.6 Å². The fourth-order valence-corrected chi connectivity index (χ4v) is 3.08. The maximum absolute atomic E-state index is 12.6. The third kappa shape index (κ3) is 4.75. The first-order chi connectivity index (χ1) is 12.0. The Morgan fingerprint density at radius 3 is 2.65 bits per heavy atom. The van der Waals surface area contributed by atoms with E-state index in [0.717, 1.165) is 30.8 Å². The first kappa shape index (κ1) is 20.7. The third-order valence-corrected chi connectivity index (χ3v) is 4.55. The van der Waals surface area contributed by atoms with Crippen molar-refractivity contribution in [3.05, 3.63) is 40.9 Å². The minimum atomic E-state index is -0.288. The van der Waals surface area contributed by atoms with Gasteiger partial charge in [-0.3, -0.25) is 4.79 Å². The molecule has 142 valence electrons. The smallest absolute Gasteiger partial charge is 0.291 e. The van der Waals surface area contributed by atoms with E-state index < -0.39 is 0 Å². The first-order valence-corrected chi connectivity index (χ1v) is 9.10. The Morgan fingerprint density at radius 2 is 2.08 bits per heavy atom. The van der Waals surface area contributed by atoms with E-state index in [4.69, 9.17) is 17.3 Å². The molecular formula is C18H25Cl2N5O. The van der Waals surface area contributed by atoms with Gasteiger partial charge in [-0.05, 0) is 37.3 Å². The van der Waals surface area contributed by atoms with Crippen LogP contribution < -0.4 is 11.1 Å². The van der Waals surface area contributed by atoms with E-state index in [1.165, 1.54) is 0 Å². The van der Waals surface area contributed by atoms with Crippen LogP contribution in [0.25, 0.3) is 5.69 Å². The summed E-state index contributed by atoms with van der Waals surface area (Å²) >= 11 is 6.30. The highest BCUT2D eigenvalue weighted by atomic mass is 35.5. The summed E-state index contributed by atoms with van der Waals surface area (Å²) in [6, 6.07) is 7.37. The summed E-state index contributed by atoms with van der Waals surface area (Å²) in [7, 11) is 0. The summed E-state index contributed by atoms with van der Waals surface area (Å²) in [6.45, 7) is 4.60. The Morgan fingerprint density at radius 1 is 1.38 bits per heavy atom. The third-order valence-electron chi connectivity index (χ3n) is 4.23. The Balaban J connectivity index is 0.00000243. The number of benzene rings is 1. The number of para-hydroxylation sites is 1. The van der Waals surface area contributed by atoms with E-state index in [0.29, 0.717) is 23.4 Å². The number of amides is 1. The number of nitrogens with one attached hydrogen (secondary N) is 1. The molecule has 0 bridgehead atoms. The molecule has 0 saturated heterocycles. The van der Waals surface area contributed by atoms with E-state index in [2.05, 4.69) is 29.2 Å². The molecule has 1 atom stereocenters. The minimum Gasteiger partial charge on any atom is -0.345 e. The van der Waals surface area contributed by atoms with Crippen molar-refractivity contribution in [3.8, 4) is 5.69 Å². The maximum atomic E-state index is 12.6. The molecule has 3 rings (SSSR count). The monoisotopic (exact) mass is 397 g/mol. The Hall–Kier alpha value is -1.63. The summed E-state index contributed by atoms with van der Waals surface area (Å²) < 4.78 is 1.70. The van der Waals surface area contributed by atoms with E-state index in [9.17, 15) is 4.79 Å². The zero-order valence-corrected chi connectivity index (χ0v) is 16.6. The van der Waals surface area contributed by atoms with Gasteiger partial charge in [0.15, 0.2) is 0 Å². The molecule has 8 heteroatoms. The summed E-state index contributed by atoms with van der Waals surface area (Å²) in [4.78, 5) is 17.1.